The molecule has 1 saturated heterocycles. The van der Waals surface area contributed by atoms with E-state index in [0.29, 0.717) is 50.4 Å². The van der Waals surface area contributed by atoms with Crippen LogP contribution < -0.4 is 4.90 Å². The van der Waals surface area contributed by atoms with Gasteiger partial charge >= 0.3 is 6.18 Å². The highest BCUT2D eigenvalue weighted by molar-refractivity contribution is 5.77. The monoisotopic (exact) mass is 436 g/mol. The van der Waals surface area contributed by atoms with Crippen LogP contribution in [0.4, 0.5) is 19.0 Å². The van der Waals surface area contributed by atoms with Gasteiger partial charge in [0.15, 0.2) is 0 Å². The molecule has 1 aromatic heterocycles. The number of hydrogen-bond donors (Lipinski definition) is 0. The minimum absolute atomic E-state index is 0.0490. The maximum Gasteiger partial charge on any atom is 0.416 e. The van der Waals surface area contributed by atoms with E-state index < -0.39 is 11.7 Å². The average molecular weight is 436 g/mol. The van der Waals surface area contributed by atoms with Gasteiger partial charge in [0, 0.05) is 51.0 Å². The van der Waals surface area contributed by atoms with E-state index in [4.69, 9.17) is 4.74 Å². The smallest absolute Gasteiger partial charge is 0.375 e. The van der Waals surface area contributed by atoms with Crippen LogP contribution in [0.3, 0.4) is 0 Å². The lowest BCUT2D eigenvalue weighted by molar-refractivity contribution is -0.137. The number of amides is 1. The van der Waals surface area contributed by atoms with Crippen molar-refractivity contribution >= 4 is 11.7 Å². The van der Waals surface area contributed by atoms with E-state index in [1.807, 2.05) is 13.8 Å². The van der Waals surface area contributed by atoms with Gasteiger partial charge in [-0.15, -0.1) is 0 Å². The van der Waals surface area contributed by atoms with Gasteiger partial charge in [-0.25, -0.2) is 9.97 Å². The summed E-state index contributed by atoms with van der Waals surface area (Å²) in [5.41, 5.74) is 1.57. The highest BCUT2D eigenvalue weighted by atomic mass is 19.4. The summed E-state index contributed by atoms with van der Waals surface area (Å²) in [6, 6.07) is 5.38. The van der Waals surface area contributed by atoms with Crippen LogP contribution in [0.25, 0.3) is 0 Å². The van der Waals surface area contributed by atoms with E-state index >= 15 is 0 Å². The van der Waals surface area contributed by atoms with Crippen LogP contribution in [0, 0.1) is 6.92 Å². The highest BCUT2D eigenvalue weighted by Gasteiger charge is 2.31. The van der Waals surface area contributed by atoms with Crippen molar-refractivity contribution in [2.75, 3.05) is 44.8 Å². The summed E-state index contributed by atoms with van der Waals surface area (Å²) in [5, 5.41) is 0. The van der Waals surface area contributed by atoms with Gasteiger partial charge < -0.3 is 14.5 Å². The van der Waals surface area contributed by atoms with Gasteiger partial charge in [-0.2, -0.15) is 13.2 Å². The zero-order valence-corrected chi connectivity index (χ0v) is 18.0. The molecule has 0 N–H and O–H groups in total. The molecule has 6 nitrogen and oxygen atoms in total. The van der Waals surface area contributed by atoms with Gasteiger partial charge in [-0.3, -0.25) is 4.79 Å². The summed E-state index contributed by atoms with van der Waals surface area (Å²) in [7, 11) is 1.49. The number of anilines is 1. The van der Waals surface area contributed by atoms with E-state index in [-0.39, 0.29) is 12.5 Å². The molecule has 0 radical (unpaired) electrons. The molecule has 1 aromatic carbocycles. The van der Waals surface area contributed by atoms with Crippen LogP contribution in [0.1, 0.15) is 35.1 Å². The summed E-state index contributed by atoms with van der Waals surface area (Å²) < 4.78 is 44.4. The Bertz CT molecular complexity index is 925. The molecule has 168 valence electrons. The predicted molar refractivity (Wildman–Crippen MR) is 111 cm³/mol. The fourth-order valence-corrected chi connectivity index (χ4v) is 3.82. The molecule has 0 spiro atoms. The molecule has 0 atom stereocenters. The van der Waals surface area contributed by atoms with E-state index in [1.165, 1.54) is 19.2 Å². The van der Waals surface area contributed by atoms with Gasteiger partial charge in [0.05, 0.1) is 5.56 Å². The fourth-order valence-electron chi connectivity index (χ4n) is 3.82. The Hall–Kier alpha value is -2.68. The molecule has 9 heteroatoms. The van der Waals surface area contributed by atoms with Crippen LogP contribution in [0.2, 0.25) is 0 Å². The van der Waals surface area contributed by atoms with Crippen molar-refractivity contribution in [3.8, 4) is 0 Å². The van der Waals surface area contributed by atoms with E-state index in [2.05, 4.69) is 14.9 Å². The number of benzene rings is 1. The van der Waals surface area contributed by atoms with Gasteiger partial charge in [0.2, 0.25) is 5.91 Å². The zero-order valence-electron chi connectivity index (χ0n) is 18.0. The van der Waals surface area contributed by atoms with Gasteiger partial charge in [0.25, 0.3) is 0 Å². The van der Waals surface area contributed by atoms with Crippen LogP contribution in [0.5, 0.6) is 0 Å². The molecular formula is C22H27F3N4O2. The van der Waals surface area contributed by atoms with Crippen molar-refractivity contribution < 1.29 is 22.7 Å². The number of ether oxygens (including phenoxy) is 1. The first-order valence-corrected chi connectivity index (χ1v) is 10.3. The Morgan fingerprint density at radius 3 is 2.48 bits per heavy atom. The first-order chi connectivity index (χ1) is 14.7. The number of aryl methyl sites for hydroxylation is 2. The van der Waals surface area contributed by atoms with Gasteiger partial charge in [-0.1, -0.05) is 25.1 Å². The number of nitrogens with zero attached hydrogens (tertiary/aromatic N) is 4. The highest BCUT2D eigenvalue weighted by Crippen LogP contribution is 2.31. The molecule has 3 rings (SSSR count). The molecule has 1 aliphatic rings. The summed E-state index contributed by atoms with van der Waals surface area (Å²) in [5.74, 6) is 1.30. The van der Waals surface area contributed by atoms with E-state index in [1.54, 1.807) is 11.0 Å². The molecule has 0 aliphatic carbocycles. The molecular weight excluding hydrogens is 409 g/mol. The first kappa shape index (κ1) is 23.0. The number of carbonyl (C=O) groups is 1. The number of rotatable bonds is 6. The lowest BCUT2D eigenvalue weighted by Gasteiger charge is -2.36. The molecule has 0 bridgehead atoms. The minimum atomic E-state index is -4.39. The quantitative estimate of drug-likeness (QED) is 0.696. The normalized spacial score (nSPS) is 14.8. The Kier molecular flexibility index (Phi) is 7.15. The third kappa shape index (κ3) is 5.52. The maximum atomic E-state index is 13.2. The number of piperazine rings is 1. The number of alkyl halides is 3. The van der Waals surface area contributed by atoms with E-state index in [9.17, 15) is 18.0 Å². The third-order valence-corrected chi connectivity index (χ3v) is 5.35. The number of methoxy groups -OCH3 is 1. The lowest BCUT2D eigenvalue weighted by atomic mass is 10.00. The fraction of sp³-hybridized carbons (Fsp3) is 0.500. The lowest BCUT2D eigenvalue weighted by Crippen LogP contribution is -2.50. The Morgan fingerprint density at radius 2 is 1.87 bits per heavy atom. The first-order valence-electron chi connectivity index (χ1n) is 10.3. The van der Waals surface area contributed by atoms with Crippen molar-refractivity contribution in [3.63, 3.8) is 0 Å². The van der Waals surface area contributed by atoms with Crippen molar-refractivity contribution in [2.24, 2.45) is 0 Å². The molecule has 2 heterocycles. The molecule has 31 heavy (non-hydrogen) atoms. The van der Waals surface area contributed by atoms with Crippen LogP contribution in [-0.4, -0.2) is 60.7 Å². The van der Waals surface area contributed by atoms with Crippen LogP contribution in [-0.2, 0) is 28.5 Å². The van der Waals surface area contributed by atoms with Crippen molar-refractivity contribution in [2.45, 2.75) is 32.9 Å². The molecule has 2 aromatic rings. The molecule has 1 aliphatic heterocycles. The van der Waals surface area contributed by atoms with Gasteiger partial charge in [0.1, 0.15) is 18.2 Å². The Balaban J connectivity index is 1.89. The van der Waals surface area contributed by atoms with Crippen molar-refractivity contribution in [3.05, 3.63) is 52.5 Å². The van der Waals surface area contributed by atoms with Crippen molar-refractivity contribution in [1.82, 2.24) is 14.9 Å². The molecule has 0 unspecified atom stereocenters. The Labute approximate surface area is 180 Å². The minimum Gasteiger partial charge on any atom is -0.375 e. The zero-order chi connectivity index (χ0) is 22.6. The second-order valence-corrected chi connectivity index (χ2v) is 7.55. The topological polar surface area (TPSA) is 58.6 Å². The number of aromatic nitrogens is 2. The number of halogens is 3. The van der Waals surface area contributed by atoms with Crippen LogP contribution in [0.15, 0.2) is 24.3 Å². The summed E-state index contributed by atoms with van der Waals surface area (Å²) in [4.78, 5) is 25.1. The van der Waals surface area contributed by atoms with Crippen molar-refractivity contribution in [1.29, 1.82) is 0 Å². The second-order valence-electron chi connectivity index (χ2n) is 7.55. The second kappa shape index (κ2) is 9.64. The standard InChI is InChI=1S/C22H27F3N4O2/c1-4-19-18(13-16-6-5-7-17(12-16)22(23,24)25)21(27-15(2)26-19)29-10-8-28(9-11-29)20(30)14-31-3/h5-7,12H,4,8-11,13-14H2,1-3H3. The molecule has 1 fully saturated rings. The predicted octanol–water partition coefficient (Wildman–Crippen LogP) is 3.25. The molecule has 1 amide bonds. The summed E-state index contributed by atoms with van der Waals surface area (Å²) in [6.45, 7) is 6.09. The summed E-state index contributed by atoms with van der Waals surface area (Å²) in [6.07, 6.45) is -3.43. The van der Waals surface area contributed by atoms with Gasteiger partial charge in [-0.05, 0) is 25.0 Å². The SMILES string of the molecule is CCc1nc(C)nc(N2CCN(C(=O)COC)CC2)c1Cc1cccc(C(F)(F)F)c1. The largest absolute Gasteiger partial charge is 0.416 e. The summed E-state index contributed by atoms with van der Waals surface area (Å²) >= 11 is 0. The molecule has 0 saturated carbocycles. The maximum absolute atomic E-state index is 13.2. The third-order valence-electron chi connectivity index (χ3n) is 5.35. The van der Waals surface area contributed by atoms with E-state index in [0.717, 1.165) is 23.1 Å². The number of carbonyl (C=O) groups excluding carboxylic acids is 1. The number of hydrogen-bond acceptors (Lipinski definition) is 5. The van der Waals surface area contributed by atoms with Crippen LogP contribution >= 0.6 is 0 Å². The average Bonchev–Trinajstić information content (AvgIpc) is 2.74. The Morgan fingerprint density at radius 1 is 1.16 bits per heavy atom.